The number of benzene rings is 2. The molecular formula is C26H23NOS6. The van der Waals surface area contributed by atoms with Gasteiger partial charge in [0.1, 0.15) is 5.75 Å². The van der Waals surface area contributed by atoms with Crippen molar-refractivity contribution in [3.63, 3.8) is 0 Å². The third-order valence-electron chi connectivity index (χ3n) is 5.15. The molecule has 0 amide bonds. The van der Waals surface area contributed by atoms with Crippen molar-refractivity contribution in [2.45, 2.75) is 13.8 Å². The molecule has 8 heteroatoms. The Morgan fingerprint density at radius 1 is 0.735 bits per heavy atom. The van der Waals surface area contributed by atoms with Crippen molar-refractivity contribution in [1.29, 1.82) is 5.26 Å². The number of hydrogen-bond acceptors (Lipinski definition) is 8. The maximum absolute atomic E-state index is 9.36. The topological polar surface area (TPSA) is 33.0 Å². The number of nitriles is 1. The van der Waals surface area contributed by atoms with E-state index in [1.165, 1.54) is 37.9 Å². The smallest absolute Gasteiger partial charge is 0.118 e. The van der Waals surface area contributed by atoms with Crippen LogP contribution in [0, 0.1) is 11.3 Å². The second-order valence-corrected chi connectivity index (χ2v) is 14.4. The van der Waals surface area contributed by atoms with Crippen LogP contribution in [0.4, 0.5) is 0 Å². The Hall–Kier alpha value is -1.21. The Balaban J connectivity index is 1.96. The largest absolute Gasteiger partial charge is 0.497 e. The molecule has 0 radical (unpaired) electrons. The summed E-state index contributed by atoms with van der Waals surface area (Å²) >= 11 is 11.0. The van der Waals surface area contributed by atoms with E-state index in [1.807, 2.05) is 71.3 Å². The van der Waals surface area contributed by atoms with Gasteiger partial charge in [-0.3, -0.25) is 0 Å². The maximum Gasteiger partial charge on any atom is 0.118 e. The molecule has 174 valence electrons. The zero-order valence-electron chi connectivity index (χ0n) is 19.4. The summed E-state index contributed by atoms with van der Waals surface area (Å²) in [7, 11) is 1.70. The predicted octanol–water partition coefficient (Wildman–Crippen LogP) is 9.67. The molecule has 0 bridgehead atoms. The summed E-state index contributed by atoms with van der Waals surface area (Å²) in [6, 6.07) is 18.6. The lowest BCUT2D eigenvalue weighted by molar-refractivity contribution is 0.415. The van der Waals surface area contributed by atoms with Crippen LogP contribution in [0.3, 0.4) is 0 Å². The predicted molar refractivity (Wildman–Crippen MR) is 161 cm³/mol. The van der Waals surface area contributed by atoms with Gasteiger partial charge in [-0.2, -0.15) is 5.26 Å². The van der Waals surface area contributed by atoms with Gasteiger partial charge in [-0.15, -0.1) is 23.5 Å². The number of methoxy groups -OCH3 is 1. The van der Waals surface area contributed by atoms with Crippen LogP contribution in [-0.4, -0.2) is 19.6 Å². The van der Waals surface area contributed by atoms with Crippen LogP contribution < -0.4 is 4.74 Å². The van der Waals surface area contributed by atoms with Crippen molar-refractivity contribution in [2.75, 3.05) is 19.6 Å². The average Bonchev–Trinajstić information content (AvgIpc) is 3.43. The van der Waals surface area contributed by atoms with E-state index in [9.17, 15) is 5.26 Å². The highest BCUT2D eigenvalue weighted by Gasteiger charge is 2.29. The first-order valence-electron chi connectivity index (χ1n) is 10.3. The molecule has 0 aliphatic carbocycles. The van der Waals surface area contributed by atoms with E-state index >= 15 is 0 Å². The molecule has 0 saturated carbocycles. The van der Waals surface area contributed by atoms with Gasteiger partial charge < -0.3 is 4.74 Å². The summed E-state index contributed by atoms with van der Waals surface area (Å²) in [6.07, 6.45) is 4.28. The van der Waals surface area contributed by atoms with Crippen molar-refractivity contribution in [3.05, 3.63) is 92.0 Å². The SMILES string of the molecule is COc1ccc(C(=C2\SC(C)=C(SC)S2)/C(=C2\SC(C)=C(SC)S2)c2ccc(C#N)cc2)cc1. The zero-order valence-corrected chi connectivity index (χ0v) is 24.3. The van der Waals surface area contributed by atoms with Crippen LogP contribution in [0.25, 0.3) is 11.1 Å². The molecule has 0 unspecified atom stereocenters. The monoisotopic (exact) mass is 557 g/mol. The van der Waals surface area contributed by atoms with Crippen molar-refractivity contribution in [3.8, 4) is 11.8 Å². The van der Waals surface area contributed by atoms with Gasteiger partial charge in [-0.05, 0) is 61.8 Å². The Morgan fingerprint density at radius 2 is 1.18 bits per heavy atom. The van der Waals surface area contributed by atoms with Gasteiger partial charge in [0.05, 0.1) is 35.7 Å². The van der Waals surface area contributed by atoms with E-state index in [-0.39, 0.29) is 0 Å². The number of nitrogens with zero attached hydrogens (tertiary/aromatic N) is 1. The van der Waals surface area contributed by atoms with E-state index < -0.39 is 0 Å². The number of hydrogen-bond donors (Lipinski definition) is 0. The number of allylic oxidation sites excluding steroid dienone is 4. The third kappa shape index (κ3) is 5.45. The fraction of sp³-hybridized carbons (Fsp3) is 0.192. The maximum atomic E-state index is 9.36. The molecule has 2 aliphatic rings. The van der Waals surface area contributed by atoms with E-state index in [2.05, 4.69) is 56.7 Å². The van der Waals surface area contributed by atoms with E-state index in [4.69, 9.17) is 4.74 Å². The van der Waals surface area contributed by atoms with Gasteiger partial charge in [0.2, 0.25) is 0 Å². The molecule has 2 aromatic rings. The first-order valence-corrected chi connectivity index (χ1v) is 16.1. The highest BCUT2D eigenvalue weighted by molar-refractivity contribution is 8.36. The zero-order chi connectivity index (χ0) is 24.2. The molecule has 34 heavy (non-hydrogen) atoms. The van der Waals surface area contributed by atoms with Gasteiger partial charge in [0.25, 0.3) is 0 Å². The van der Waals surface area contributed by atoms with Crippen molar-refractivity contribution >= 4 is 81.7 Å². The second-order valence-electron chi connectivity index (χ2n) is 7.25. The number of ether oxygens (including phenoxy) is 1. The van der Waals surface area contributed by atoms with Gasteiger partial charge in [-0.25, -0.2) is 0 Å². The van der Waals surface area contributed by atoms with Gasteiger partial charge in [-0.1, -0.05) is 71.3 Å². The average molecular weight is 558 g/mol. The minimum absolute atomic E-state index is 0.671. The van der Waals surface area contributed by atoms with Gasteiger partial charge in [0, 0.05) is 21.0 Å². The molecule has 0 saturated heterocycles. The fourth-order valence-electron chi connectivity index (χ4n) is 3.49. The first-order chi connectivity index (χ1) is 16.5. The van der Waals surface area contributed by atoms with Gasteiger partial charge in [0.15, 0.2) is 0 Å². The number of rotatable bonds is 6. The van der Waals surface area contributed by atoms with Crippen molar-refractivity contribution in [1.82, 2.24) is 0 Å². The van der Waals surface area contributed by atoms with Crippen LogP contribution in [-0.2, 0) is 0 Å². The molecule has 0 fully saturated rings. The molecule has 4 rings (SSSR count). The molecule has 2 heterocycles. The molecular weight excluding hydrogens is 535 g/mol. The Morgan fingerprint density at radius 3 is 1.53 bits per heavy atom. The van der Waals surface area contributed by atoms with Gasteiger partial charge >= 0.3 is 0 Å². The molecule has 0 spiro atoms. The lowest BCUT2D eigenvalue weighted by atomic mass is 9.94. The Labute approximate surface area is 227 Å². The minimum Gasteiger partial charge on any atom is -0.497 e. The highest BCUT2D eigenvalue weighted by atomic mass is 32.2. The van der Waals surface area contributed by atoms with Crippen molar-refractivity contribution in [2.24, 2.45) is 0 Å². The molecule has 2 aromatic carbocycles. The van der Waals surface area contributed by atoms with Crippen LogP contribution in [0.1, 0.15) is 30.5 Å². The minimum atomic E-state index is 0.671. The molecule has 0 atom stereocenters. The standard InChI is InChI=1S/C26H23NOS6/c1-15-23(29-4)33-25(31-15)21(18-8-6-17(14-27)7-9-18)22(19-10-12-20(28-3)13-11-19)26-32-16(2)24(30-5)34-26/h6-13H,1-5H3/b25-21+,26-22-. The summed E-state index contributed by atoms with van der Waals surface area (Å²) in [5.41, 5.74) is 5.41. The molecule has 2 nitrogen and oxygen atoms in total. The molecule has 0 N–H and O–H groups in total. The quantitative estimate of drug-likeness (QED) is 0.347. The number of thioether (sulfide) groups is 6. The molecule has 0 aromatic heterocycles. The van der Waals surface area contributed by atoms with Crippen LogP contribution in [0.15, 0.2) is 75.3 Å². The second kappa shape index (κ2) is 11.7. The Kier molecular flexibility index (Phi) is 8.89. The van der Waals surface area contributed by atoms with Crippen LogP contribution in [0.2, 0.25) is 0 Å². The van der Waals surface area contributed by atoms with Crippen LogP contribution in [0.5, 0.6) is 5.75 Å². The first kappa shape index (κ1) is 25.9. The third-order valence-corrected chi connectivity index (χ3v) is 13.1. The summed E-state index contributed by atoms with van der Waals surface area (Å²) in [6.45, 7) is 4.40. The lowest BCUT2D eigenvalue weighted by Crippen LogP contribution is -1.96. The van der Waals surface area contributed by atoms with E-state index in [1.54, 1.807) is 30.6 Å². The van der Waals surface area contributed by atoms with E-state index in [0.717, 1.165) is 16.9 Å². The summed E-state index contributed by atoms with van der Waals surface area (Å²) in [5.74, 6) is 0.846. The normalized spacial score (nSPS) is 18.9. The van der Waals surface area contributed by atoms with E-state index in [0.29, 0.717) is 5.56 Å². The van der Waals surface area contributed by atoms with Crippen LogP contribution >= 0.6 is 70.6 Å². The molecule has 2 aliphatic heterocycles. The lowest BCUT2D eigenvalue weighted by Gasteiger charge is -2.19. The fourth-order valence-corrected chi connectivity index (χ4v) is 11.0. The summed E-state index contributed by atoms with van der Waals surface area (Å²) in [5, 5.41) is 9.36. The highest BCUT2D eigenvalue weighted by Crippen LogP contribution is 2.61. The van der Waals surface area contributed by atoms with Crippen molar-refractivity contribution < 1.29 is 4.74 Å². The Bertz CT molecular complexity index is 1260. The summed E-state index contributed by atoms with van der Waals surface area (Å²) < 4.78 is 10.7. The summed E-state index contributed by atoms with van der Waals surface area (Å²) in [4.78, 5) is 2.68.